The van der Waals surface area contributed by atoms with E-state index in [4.69, 9.17) is 4.99 Å². The molecular formula is C26H35N3. The molecule has 0 aliphatic carbocycles. The number of rotatable bonds is 7. The molecule has 0 radical (unpaired) electrons. The van der Waals surface area contributed by atoms with Gasteiger partial charge in [-0.15, -0.1) is 0 Å². The molecule has 1 aliphatic rings. The summed E-state index contributed by atoms with van der Waals surface area (Å²) in [4.78, 5) is 9.57. The van der Waals surface area contributed by atoms with Crippen molar-refractivity contribution in [2.45, 2.75) is 53.5 Å². The maximum Gasteiger partial charge on any atom is 0.0631 e. The normalized spacial score (nSPS) is 15.4. The number of aliphatic imine (C=N–C) groups is 1. The first kappa shape index (κ1) is 21.2. The molecule has 1 aliphatic heterocycles. The van der Waals surface area contributed by atoms with Gasteiger partial charge in [-0.1, -0.05) is 19.1 Å². The zero-order valence-electron chi connectivity index (χ0n) is 18.9. The summed E-state index contributed by atoms with van der Waals surface area (Å²) < 4.78 is 0. The molecule has 0 amide bonds. The largest absolute Gasteiger partial charge is 0.372 e. The molecule has 0 saturated heterocycles. The van der Waals surface area contributed by atoms with E-state index in [1.54, 1.807) is 0 Å². The number of anilines is 2. The fraction of sp³-hybridized carbons (Fsp3) is 0.423. The Balaban J connectivity index is 1.84. The van der Waals surface area contributed by atoms with Crippen molar-refractivity contribution >= 4 is 28.8 Å². The zero-order chi connectivity index (χ0) is 21.0. The Morgan fingerprint density at radius 1 is 1.00 bits per heavy atom. The molecule has 0 unspecified atom stereocenters. The van der Waals surface area contributed by atoms with Gasteiger partial charge in [-0.2, -0.15) is 0 Å². The molecule has 3 rings (SSSR count). The smallest absolute Gasteiger partial charge is 0.0631 e. The van der Waals surface area contributed by atoms with Gasteiger partial charge in [0.2, 0.25) is 0 Å². The summed E-state index contributed by atoms with van der Waals surface area (Å²) in [5.41, 5.74) is 7.42. The van der Waals surface area contributed by atoms with Crippen molar-refractivity contribution in [3.63, 3.8) is 0 Å². The summed E-state index contributed by atoms with van der Waals surface area (Å²) in [6.45, 7) is 16.5. The Morgan fingerprint density at radius 3 is 2.31 bits per heavy atom. The molecule has 0 spiro atoms. The van der Waals surface area contributed by atoms with Gasteiger partial charge in [0, 0.05) is 42.8 Å². The number of fused-ring (bicyclic) bond motifs is 1. The van der Waals surface area contributed by atoms with Gasteiger partial charge in [-0.25, -0.2) is 0 Å². The van der Waals surface area contributed by atoms with Crippen LogP contribution in [0.2, 0.25) is 0 Å². The van der Waals surface area contributed by atoms with Gasteiger partial charge >= 0.3 is 0 Å². The second-order valence-corrected chi connectivity index (χ2v) is 8.36. The second kappa shape index (κ2) is 8.86. The van der Waals surface area contributed by atoms with Crippen LogP contribution >= 0.6 is 0 Å². The van der Waals surface area contributed by atoms with E-state index in [0.717, 1.165) is 37.3 Å². The highest BCUT2D eigenvalue weighted by Gasteiger charge is 2.30. The lowest BCUT2D eigenvalue weighted by Crippen LogP contribution is -2.45. The van der Waals surface area contributed by atoms with E-state index in [-0.39, 0.29) is 5.54 Å². The standard InChI is InChI=1S/C26H35N3/c1-7-16-29-25-15-10-21(17-24(25)20(4)18-26(29,5)6)19-27-22-11-13-23(14-12-22)28(8-2)9-3/h10-15,17-19H,7-9,16H2,1-6H3. The number of hydrogen-bond donors (Lipinski definition) is 0. The lowest BCUT2D eigenvalue weighted by molar-refractivity contribution is 0.550. The maximum atomic E-state index is 4.71. The van der Waals surface area contributed by atoms with Crippen LogP contribution in [0.5, 0.6) is 0 Å². The Bertz CT molecular complexity index is 887. The third-order valence-electron chi connectivity index (χ3n) is 5.79. The van der Waals surface area contributed by atoms with E-state index >= 15 is 0 Å². The van der Waals surface area contributed by atoms with Crippen LogP contribution in [0, 0.1) is 0 Å². The van der Waals surface area contributed by atoms with Gasteiger partial charge in [0.25, 0.3) is 0 Å². The van der Waals surface area contributed by atoms with Crippen LogP contribution in [-0.4, -0.2) is 31.4 Å². The minimum atomic E-state index is 0.0509. The predicted octanol–water partition coefficient (Wildman–Crippen LogP) is 6.70. The van der Waals surface area contributed by atoms with Crippen LogP contribution in [0.25, 0.3) is 5.57 Å². The van der Waals surface area contributed by atoms with E-state index in [1.807, 2.05) is 6.21 Å². The Labute approximate surface area is 176 Å². The highest BCUT2D eigenvalue weighted by atomic mass is 15.2. The number of benzene rings is 2. The molecule has 0 atom stereocenters. The van der Waals surface area contributed by atoms with Gasteiger partial charge in [0.15, 0.2) is 0 Å². The van der Waals surface area contributed by atoms with Crippen LogP contribution in [-0.2, 0) is 0 Å². The van der Waals surface area contributed by atoms with E-state index in [0.29, 0.717) is 0 Å². The molecule has 2 aromatic carbocycles. The monoisotopic (exact) mass is 389 g/mol. The Kier molecular flexibility index (Phi) is 6.46. The SMILES string of the molecule is CCCN1c2ccc(C=Nc3ccc(N(CC)CC)cc3)cc2C(C)=CC1(C)C. The van der Waals surface area contributed by atoms with Crippen LogP contribution in [0.15, 0.2) is 53.5 Å². The van der Waals surface area contributed by atoms with Gasteiger partial charge < -0.3 is 9.80 Å². The molecule has 3 heteroatoms. The molecule has 3 nitrogen and oxygen atoms in total. The van der Waals surface area contributed by atoms with Crippen LogP contribution in [0.4, 0.5) is 17.1 Å². The van der Waals surface area contributed by atoms with Crippen molar-refractivity contribution in [3.05, 3.63) is 59.7 Å². The van der Waals surface area contributed by atoms with Crippen molar-refractivity contribution in [1.82, 2.24) is 0 Å². The third-order valence-corrected chi connectivity index (χ3v) is 5.79. The quantitative estimate of drug-likeness (QED) is 0.491. The fourth-order valence-electron chi connectivity index (χ4n) is 4.30. The van der Waals surface area contributed by atoms with Crippen molar-refractivity contribution in [1.29, 1.82) is 0 Å². The van der Waals surface area contributed by atoms with Crippen molar-refractivity contribution in [2.75, 3.05) is 29.4 Å². The highest BCUT2D eigenvalue weighted by Crippen LogP contribution is 2.39. The number of hydrogen-bond acceptors (Lipinski definition) is 3. The number of nitrogens with zero attached hydrogens (tertiary/aromatic N) is 3. The van der Waals surface area contributed by atoms with Crippen LogP contribution < -0.4 is 9.80 Å². The second-order valence-electron chi connectivity index (χ2n) is 8.36. The summed E-state index contributed by atoms with van der Waals surface area (Å²) >= 11 is 0. The topological polar surface area (TPSA) is 18.8 Å². The van der Waals surface area contributed by atoms with Gasteiger partial charge in [-0.3, -0.25) is 4.99 Å². The Hall–Kier alpha value is -2.55. The molecular weight excluding hydrogens is 354 g/mol. The molecule has 29 heavy (non-hydrogen) atoms. The molecule has 0 N–H and O–H groups in total. The van der Waals surface area contributed by atoms with Crippen LogP contribution in [0.1, 0.15) is 59.1 Å². The first-order valence-corrected chi connectivity index (χ1v) is 10.9. The van der Waals surface area contributed by atoms with Crippen molar-refractivity contribution < 1.29 is 0 Å². The molecule has 154 valence electrons. The first-order chi connectivity index (χ1) is 13.9. The van der Waals surface area contributed by atoms with Crippen LogP contribution in [0.3, 0.4) is 0 Å². The predicted molar refractivity (Wildman–Crippen MR) is 129 cm³/mol. The highest BCUT2D eigenvalue weighted by molar-refractivity contribution is 5.88. The van der Waals surface area contributed by atoms with E-state index in [1.165, 1.54) is 22.5 Å². The average Bonchev–Trinajstić information content (AvgIpc) is 2.71. The van der Waals surface area contributed by atoms with Crippen molar-refractivity contribution in [2.24, 2.45) is 4.99 Å². The average molecular weight is 390 g/mol. The first-order valence-electron chi connectivity index (χ1n) is 10.9. The minimum absolute atomic E-state index is 0.0509. The molecule has 0 aromatic heterocycles. The lowest BCUT2D eigenvalue weighted by atomic mass is 9.88. The molecule has 2 aromatic rings. The minimum Gasteiger partial charge on any atom is -0.372 e. The zero-order valence-corrected chi connectivity index (χ0v) is 18.9. The Morgan fingerprint density at radius 2 is 1.69 bits per heavy atom. The molecule has 0 saturated carbocycles. The summed E-state index contributed by atoms with van der Waals surface area (Å²) in [5, 5.41) is 0. The van der Waals surface area contributed by atoms with Gasteiger partial charge in [0.1, 0.15) is 0 Å². The number of allylic oxidation sites excluding steroid dienone is 1. The molecule has 0 bridgehead atoms. The van der Waals surface area contributed by atoms with E-state index in [2.05, 4.69) is 99.9 Å². The summed E-state index contributed by atoms with van der Waals surface area (Å²) in [6.07, 6.45) is 5.50. The molecule has 1 heterocycles. The fourth-order valence-corrected chi connectivity index (χ4v) is 4.30. The van der Waals surface area contributed by atoms with Gasteiger partial charge in [-0.05, 0) is 88.6 Å². The van der Waals surface area contributed by atoms with E-state index in [9.17, 15) is 0 Å². The molecule has 0 fully saturated rings. The summed E-state index contributed by atoms with van der Waals surface area (Å²) in [5.74, 6) is 0. The maximum absolute atomic E-state index is 4.71. The van der Waals surface area contributed by atoms with Crippen molar-refractivity contribution in [3.8, 4) is 0 Å². The third kappa shape index (κ3) is 4.55. The van der Waals surface area contributed by atoms with E-state index < -0.39 is 0 Å². The summed E-state index contributed by atoms with van der Waals surface area (Å²) in [6, 6.07) is 15.2. The van der Waals surface area contributed by atoms with Gasteiger partial charge in [0.05, 0.1) is 11.2 Å². The summed E-state index contributed by atoms with van der Waals surface area (Å²) in [7, 11) is 0. The lowest BCUT2D eigenvalue weighted by Gasteiger charge is -2.43.